The fourth-order valence-corrected chi connectivity index (χ4v) is 4.32. The van der Waals surface area contributed by atoms with Gasteiger partial charge in [0, 0.05) is 0 Å². The van der Waals surface area contributed by atoms with Crippen molar-refractivity contribution in [2.45, 2.75) is 66.2 Å². The summed E-state index contributed by atoms with van der Waals surface area (Å²) in [4.78, 5) is 0. The fourth-order valence-electron chi connectivity index (χ4n) is 4.32. The Kier molecular flexibility index (Phi) is 17.2. The quantitative estimate of drug-likeness (QED) is 0.145. The molecule has 0 aliphatic heterocycles. The van der Waals surface area contributed by atoms with Crippen molar-refractivity contribution in [1.82, 2.24) is 0 Å². The molecular weight excluding hydrogens is 576 g/mol. The minimum absolute atomic E-state index is 0.172. The van der Waals surface area contributed by atoms with Gasteiger partial charge in [-0.25, -0.2) is 0 Å². The molecule has 4 N–H and O–H groups in total. The highest BCUT2D eigenvalue weighted by molar-refractivity contribution is 5.43. The summed E-state index contributed by atoms with van der Waals surface area (Å²) in [5.74, 6) is 2.99. The Hall–Kier alpha value is -4.84. The molecule has 0 heterocycles. The van der Waals surface area contributed by atoms with Gasteiger partial charge in [0.2, 0.25) is 0 Å². The van der Waals surface area contributed by atoms with Crippen molar-refractivity contribution in [2.75, 3.05) is 14.2 Å². The number of aryl methyl sites for hydroxylation is 2. The topological polar surface area (TPSA) is 99.4 Å². The Bertz CT molecular complexity index is 1410. The first-order valence-electron chi connectivity index (χ1n) is 15.3. The second-order valence-corrected chi connectivity index (χ2v) is 11.4. The number of rotatable bonds is 8. The maximum Gasteiger partial charge on any atom is 0.160 e. The Balaban J connectivity index is 0.000000307. The van der Waals surface area contributed by atoms with Crippen molar-refractivity contribution >= 4 is 0 Å². The van der Waals surface area contributed by atoms with Crippen molar-refractivity contribution in [3.05, 3.63) is 131 Å². The predicted octanol–water partition coefficient (Wildman–Crippen LogP) is 9.91. The second kappa shape index (κ2) is 20.2. The molecule has 4 aromatic rings. The molecule has 0 aromatic heterocycles. The lowest BCUT2D eigenvalue weighted by Crippen LogP contribution is -1.87. The minimum atomic E-state index is 0.172. The van der Waals surface area contributed by atoms with Gasteiger partial charge >= 0.3 is 0 Å². The summed E-state index contributed by atoms with van der Waals surface area (Å²) >= 11 is 0. The number of hydrogen-bond donors (Lipinski definition) is 4. The van der Waals surface area contributed by atoms with Gasteiger partial charge in [0.05, 0.1) is 14.2 Å². The van der Waals surface area contributed by atoms with Gasteiger partial charge in [-0.15, -0.1) is 13.2 Å². The van der Waals surface area contributed by atoms with E-state index in [0.29, 0.717) is 34.8 Å². The zero-order valence-electron chi connectivity index (χ0n) is 28.7. The highest BCUT2D eigenvalue weighted by Crippen LogP contribution is 2.28. The average Bonchev–Trinajstić information content (AvgIpc) is 3.00. The Morgan fingerprint density at radius 2 is 0.891 bits per heavy atom. The van der Waals surface area contributed by atoms with Gasteiger partial charge in [0.15, 0.2) is 23.0 Å². The average molecular weight is 629 g/mol. The highest BCUT2D eigenvalue weighted by Gasteiger charge is 2.05. The number of ether oxygens (including phenoxy) is 2. The lowest BCUT2D eigenvalue weighted by atomic mass is 10.0. The van der Waals surface area contributed by atoms with Crippen LogP contribution in [0.1, 0.15) is 72.9 Å². The molecule has 0 spiro atoms. The first-order chi connectivity index (χ1) is 21.8. The van der Waals surface area contributed by atoms with Crippen LogP contribution in [-0.4, -0.2) is 34.6 Å². The smallest absolute Gasteiger partial charge is 0.160 e. The molecule has 248 valence electrons. The van der Waals surface area contributed by atoms with Crippen molar-refractivity contribution in [1.29, 1.82) is 0 Å². The molecule has 0 unspecified atom stereocenters. The molecular formula is C40H52O6. The summed E-state index contributed by atoms with van der Waals surface area (Å²) in [6.45, 7) is 19.5. The van der Waals surface area contributed by atoms with Crippen LogP contribution in [0.4, 0.5) is 0 Å². The summed E-state index contributed by atoms with van der Waals surface area (Å²) in [5, 5.41) is 37.4. The Labute approximate surface area is 275 Å². The third-order valence-electron chi connectivity index (χ3n) is 6.86. The van der Waals surface area contributed by atoms with Gasteiger partial charge in [-0.05, 0) is 108 Å². The van der Waals surface area contributed by atoms with E-state index in [4.69, 9.17) is 9.47 Å². The van der Waals surface area contributed by atoms with Gasteiger partial charge in [0.25, 0.3) is 0 Å². The number of benzene rings is 4. The van der Waals surface area contributed by atoms with Crippen LogP contribution in [0.2, 0.25) is 0 Å². The molecule has 46 heavy (non-hydrogen) atoms. The monoisotopic (exact) mass is 628 g/mol. The maximum absolute atomic E-state index is 9.46. The summed E-state index contributed by atoms with van der Waals surface area (Å²) in [7, 11) is 3.07. The summed E-state index contributed by atoms with van der Waals surface area (Å²) in [6.07, 6.45) is 5.20. The third kappa shape index (κ3) is 13.4. The SMILES string of the molecule is C=CCc1ccc(O)c(OC)c1.C=CCc1ccc(O)c(OC)c1.Cc1ccc(C(C)C)c(O)c1.Cc1ccc(C(C)C)c(O)c1. The first-order valence-corrected chi connectivity index (χ1v) is 15.3. The van der Waals surface area contributed by atoms with Gasteiger partial charge < -0.3 is 29.9 Å². The third-order valence-corrected chi connectivity index (χ3v) is 6.86. The molecule has 0 aliphatic rings. The van der Waals surface area contributed by atoms with Crippen LogP contribution in [0.3, 0.4) is 0 Å². The zero-order chi connectivity index (χ0) is 34.8. The number of hydrogen-bond acceptors (Lipinski definition) is 6. The molecule has 6 heteroatoms. The standard InChI is InChI=1S/2C10H12O2.2C10H14O/c2*1-3-4-8-5-6-9(11)10(7-8)12-2;2*1-7(2)9-5-4-8(3)6-10(9)11/h2*3,5-7,11H,1,4H2,2H3;2*4-7,11H,1-3H3. The van der Waals surface area contributed by atoms with Crippen LogP contribution >= 0.6 is 0 Å². The van der Waals surface area contributed by atoms with E-state index >= 15 is 0 Å². The number of phenols is 4. The number of methoxy groups -OCH3 is 2. The molecule has 0 amide bonds. The van der Waals surface area contributed by atoms with E-state index < -0.39 is 0 Å². The lowest BCUT2D eigenvalue weighted by Gasteiger charge is -2.07. The van der Waals surface area contributed by atoms with Gasteiger partial charge in [-0.3, -0.25) is 0 Å². The van der Waals surface area contributed by atoms with E-state index in [1.165, 1.54) is 14.2 Å². The van der Waals surface area contributed by atoms with Crippen molar-refractivity contribution in [3.63, 3.8) is 0 Å². The van der Waals surface area contributed by atoms with Crippen molar-refractivity contribution in [2.24, 2.45) is 0 Å². The van der Waals surface area contributed by atoms with Crippen LogP contribution < -0.4 is 9.47 Å². The molecule has 0 saturated heterocycles. The second-order valence-electron chi connectivity index (χ2n) is 11.4. The highest BCUT2D eigenvalue weighted by atomic mass is 16.5. The predicted molar refractivity (Wildman–Crippen MR) is 191 cm³/mol. The van der Waals surface area contributed by atoms with E-state index in [0.717, 1.165) is 46.2 Å². The maximum atomic E-state index is 9.46. The van der Waals surface area contributed by atoms with Crippen molar-refractivity contribution in [3.8, 4) is 34.5 Å². The van der Waals surface area contributed by atoms with Crippen LogP contribution in [0.15, 0.2) is 98.1 Å². The molecule has 4 rings (SSSR count). The van der Waals surface area contributed by atoms with Crippen LogP contribution in [-0.2, 0) is 12.8 Å². The van der Waals surface area contributed by atoms with Gasteiger partial charge in [-0.2, -0.15) is 0 Å². The van der Waals surface area contributed by atoms with Gasteiger partial charge in [-0.1, -0.05) is 76.2 Å². The van der Waals surface area contributed by atoms with Crippen LogP contribution in [0.5, 0.6) is 34.5 Å². The van der Waals surface area contributed by atoms with Crippen LogP contribution in [0.25, 0.3) is 0 Å². The van der Waals surface area contributed by atoms with E-state index in [1.807, 2.05) is 62.4 Å². The van der Waals surface area contributed by atoms with E-state index in [-0.39, 0.29) is 11.5 Å². The normalized spacial score (nSPS) is 9.96. The Morgan fingerprint density at radius 3 is 1.15 bits per heavy atom. The first kappa shape index (κ1) is 39.2. The lowest BCUT2D eigenvalue weighted by molar-refractivity contribution is 0.373. The molecule has 0 saturated carbocycles. The van der Waals surface area contributed by atoms with Gasteiger partial charge in [0.1, 0.15) is 11.5 Å². The number of phenolic OH excluding ortho intramolecular Hbond substituents is 4. The minimum Gasteiger partial charge on any atom is -0.508 e. The van der Waals surface area contributed by atoms with E-state index in [1.54, 1.807) is 36.4 Å². The molecule has 0 aliphatic carbocycles. The van der Waals surface area contributed by atoms with E-state index in [9.17, 15) is 20.4 Å². The molecule has 6 nitrogen and oxygen atoms in total. The molecule has 0 fully saturated rings. The summed E-state index contributed by atoms with van der Waals surface area (Å²) in [5.41, 5.74) is 6.42. The van der Waals surface area contributed by atoms with Crippen LogP contribution in [0, 0.1) is 13.8 Å². The molecule has 0 bridgehead atoms. The number of aromatic hydroxyl groups is 4. The molecule has 0 radical (unpaired) electrons. The van der Waals surface area contributed by atoms with Crippen molar-refractivity contribution < 1.29 is 29.9 Å². The number of allylic oxidation sites excluding steroid dienone is 2. The zero-order valence-corrected chi connectivity index (χ0v) is 28.7. The summed E-state index contributed by atoms with van der Waals surface area (Å²) in [6, 6.07) is 22.2. The fraction of sp³-hybridized carbons (Fsp3) is 0.300. The largest absolute Gasteiger partial charge is 0.508 e. The van der Waals surface area contributed by atoms with E-state index in [2.05, 4.69) is 40.9 Å². The molecule has 0 atom stereocenters. The summed E-state index contributed by atoms with van der Waals surface area (Å²) < 4.78 is 9.90. The Morgan fingerprint density at radius 1 is 0.543 bits per heavy atom. The molecule has 4 aromatic carbocycles.